The third kappa shape index (κ3) is 3.92. The van der Waals surface area contributed by atoms with Crippen LogP contribution in [0.15, 0.2) is 54.7 Å². The Morgan fingerprint density at radius 2 is 2.00 bits per heavy atom. The lowest BCUT2D eigenvalue weighted by molar-refractivity contribution is 0.102. The first-order valence-electron chi connectivity index (χ1n) is 7.75. The smallest absolute Gasteiger partial charge is 0.275 e. The number of pyridine rings is 1. The van der Waals surface area contributed by atoms with Crippen molar-refractivity contribution in [2.24, 2.45) is 0 Å². The van der Waals surface area contributed by atoms with Gasteiger partial charge in [0.25, 0.3) is 5.91 Å². The highest BCUT2D eigenvalue weighted by Gasteiger charge is 2.15. The van der Waals surface area contributed by atoms with E-state index in [1.54, 1.807) is 13.3 Å². The van der Waals surface area contributed by atoms with Crippen LogP contribution in [-0.2, 0) is 4.74 Å². The van der Waals surface area contributed by atoms with Gasteiger partial charge in [-0.25, -0.2) is 4.39 Å². The molecule has 0 fully saturated rings. The predicted molar refractivity (Wildman–Crippen MR) is 93.5 cm³/mol. The number of ether oxygens (including phenoxy) is 2. The molecule has 0 aliphatic heterocycles. The van der Waals surface area contributed by atoms with Crippen molar-refractivity contribution in [3.05, 3.63) is 66.2 Å². The Balaban J connectivity index is 1.88. The lowest BCUT2D eigenvalue weighted by Gasteiger charge is -2.13. The molecule has 3 aromatic rings. The van der Waals surface area contributed by atoms with Gasteiger partial charge < -0.3 is 14.8 Å². The molecule has 2 aromatic carbocycles. The molecule has 0 unspecified atom stereocenters. The summed E-state index contributed by atoms with van der Waals surface area (Å²) in [4.78, 5) is 16.8. The molecule has 1 amide bonds. The number of anilines is 1. The third-order valence-electron chi connectivity index (χ3n) is 3.62. The van der Waals surface area contributed by atoms with Crippen LogP contribution in [0.3, 0.4) is 0 Å². The van der Waals surface area contributed by atoms with Crippen LogP contribution in [-0.4, -0.2) is 31.2 Å². The number of carbonyl (C=O) groups is 1. The Bertz CT molecular complexity index is 893. The minimum atomic E-state index is -0.472. The standard InChI is InChI=1S/C19H17FN2O3/c1-24-10-11-25-17-7-6-14(20)12-16(17)22-19(23)18-15-5-3-2-4-13(15)8-9-21-18/h2-9,12H,10-11H2,1H3,(H,22,23). The molecule has 128 valence electrons. The number of hydrogen-bond acceptors (Lipinski definition) is 4. The van der Waals surface area contributed by atoms with Gasteiger partial charge >= 0.3 is 0 Å². The van der Waals surface area contributed by atoms with Gasteiger partial charge in [0.15, 0.2) is 0 Å². The molecule has 0 aliphatic rings. The largest absolute Gasteiger partial charge is 0.489 e. The second kappa shape index (κ2) is 7.72. The summed E-state index contributed by atoms with van der Waals surface area (Å²) in [5.74, 6) is -0.536. The van der Waals surface area contributed by atoms with E-state index in [2.05, 4.69) is 10.3 Å². The Kier molecular flexibility index (Phi) is 5.20. The van der Waals surface area contributed by atoms with Crippen LogP contribution in [0.1, 0.15) is 10.5 Å². The number of hydrogen-bond donors (Lipinski definition) is 1. The van der Waals surface area contributed by atoms with Crippen LogP contribution in [0.2, 0.25) is 0 Å². The van der Waals surface area contributed by atoms with Gasteiger partial charge in [-0.15, -0.1) is 0 Å². The van der Waals surface area contributed by atoms with Crippen molar-refractivity contribution in [2.45, 2.75) is 0 Å². The Labute approximate surface area is 144 Å². The Morgan fingerprint density at radius 3 is 2.84 bits per heavy atom. The zero-order valence-electron chi connectivity index (χ0n) is 13.7. The van der Waals surface area contributed by atoms with Crippen LogP contribution in [0.4, 0.5) is 10.1 Å². The normalized spacial score (nSPS) is 10.6. The summed E-state index contributed by atoms with van der Waals surface area (Å²) in [6.07, 6.45) is 1.57. The summed E-state index contributed by atoms with van der Waals surface area (Å²) in [6, 6.07) is 13.2. The van der Waals surface area contributed by atoms with E-state index in [-0.39, 0.29) is 18.0 Å². The number of fused-ring (bicyclic) bond motifs is 1. The fraction of sp³-hybridized carbons (Fsp3) is 0.158. The number of methoxy groups -OCH3 is 1. The van der Waals surface area contributed by atoms with Gasteiger partial charge in [0.2, 0.25) is 0 Å². The van der Waals surface area contributed by atoms with E-state index in [9.17, 15) is 9.18 Å². The molecule has 3 rings (SSSR count). The molecule has 0 saturated carbocycles. The Morgan fingerprint density at radius 1 is 1.16 bits per heavy atom. The molecular weight excluding hydrogens is 323 g/mol. The van der Waals surface area contributed by atoms with E-state index in [4.69, 9.17) is 9.47 Å². The average molecular weight is 340 g/mol. The van der Waals surface area contributed by atoms with Crippen molar-refractivity contribution in [3.63, 3.8) is 0 Å². The molecule has 0 aliphatic carbocycles. The highest BCUT2D eigenvalue weighted by atomic mass is 19.1. The van der Waals surface area contributed by atoms with Crippen molar-refractivity contribution in [3.8, 4) is 5.75 Å². The second-order valence-corrected chi connectivity index (χ2v) is 5.32. The fourth-order valence-electron chi connectivity index (χ4n) is 2.44. The van der Waals surface area contributed by atoms with Gasteiger partial charge in [-0.1, -0.05) is 24.3 Å². The quantitative estimate of drug-likeness (QED) is 0.696. The number of benzene rings is 2. The number of nitrogens with zero attached hydrogens (tertiary/aromatic N) is 1. The first-order valence-corrected chi connectivity index (χ1v) is 7.75. The van der Waals surface area contributed by atoms with Crippen LogP contribution in [0.25, 0.3) is 10.8 Å². The van der Waals surface area contributed by atoms with Crippen molar-refractivity contribution in [1.82, 2.24) is 4.98 Å². The van der Waals surface area contributed by atoms with Crippen molar-refractivity contribution < 1.29 is 18.7 Å². The number of halogens is 1. The van der Waals surface area contributed by atoms with Crippen LogP contribution >= 0.6 is 0 Å². The first-order chi connectivity index (χ1) is 12.2. The average Bonchev–Trinajstić information content (AvgIpc) is 2.63. The number of rotatable bonds is 6. The van der Waals surface area contributed by atoms with Crippen LogP contribution in [0.5, 0.6) is 5.75 Å². The van der Waals surface area contributed by atoms with Crippen LogP contribution < -0.4 is 10.1 Å². The number of aromatic nitrogens is 1. The van der Waals surface area contributed by atoms with Gasteiger partial charge in [-0.3, -0.25) is 9.78 Å². The zero-order chi connectivity index (χ0) is 17.6. The molecule has 1 heterocycles. The van der Waals surface area contributed by atoms with E-state index in [0.717, 1.165) is 10.8 Å². The monoisotopic (exact) mass is 340 g/mol. The van der Waals surface area contributed by atoms with Gasteiger partial charge in [0.1, 0.15) is 23.9 Å². The van der Waals surface area contributed by atoms with Crippen LogP contribution in [0, 0.1) is 5.82 Å². The maximum Gasteiger partial charge on any atom is 0.275 e. The second-order valence-electron chi connectivity index (χ2n) is 5.32. The third-order valence-corrected chi connectivity index (χ3v) is 3.62. The lowest BCUT2D eigenvalue weighted by atomic mass is 10.1. The molecule has 0 radical (unpaired) electrons. The SMILES string of the molecule is COCCOc1ccc(F)cc1NC(=O)c1nccc2ccccc12. The highest BCUT2D eigenvalue weighted by molar-refractivity contribution is 6.11. The van der Waals surface area contributed by atoms with Gasteiger partial charge in [0, 0.05) is 24.8 Å². The summed E-state index contributed by atoms with van der Waals surface area (Å²) in [7, 11) is 1.56. The minimum absolute atomic E-state index is 0.246. The maximum atomic E-state index is 13.6. The van der Waals surface area contributed by atoms with Gasteiger partial charge in [0.05, 0.1) is 12.3 Å². The first kappa shape index (κ1) is 16.9. The van der Waals surface area contributed by atoms with Gasteiger partial charge in [-0.05, 0) is 23.6 Å². The molecule has 0 spiro atoms. The molecule has 5 nitrogen and oxygen atoms in total. The fourth-order valence-corrected chi connectivity index (χ4v) is 2.44. The minimum Gasteiger partial charge on any atom is -0.489 e. The van der Waals surface area contributed by atoms with E-state index < -0.39 is 11.7 Å². The molecular formula is C19H17FN2O3. The van der Waals surface area contributed by atoms with Crippen molar-refractivity contribution in [1.29, 1.82) is 0 Å². The van der Waals surface area contributed by atoms with Crippen molar-refractivity contribution >= 4 is 22.4 Å². The zero-order valence-corrected chi connectivity index (χ0v) is 13.7. The molecule has 6 heteroatoms. The molecule has 0 saturated heterocycles. The van der Waals surface area contributed by atoms with E-state index in [1.165, 1.54) is 18.2 Å². The lowest BCUT2D eigenvalue weighted by Crippen LogP contribution is -2.15. The van der Waals surface area contributed by atoms with Crippen molar-refractivity contribution in [2.75, 3.05) is 25.6 Å². The number of nitrogens with one attached hydrogen (secondary N) is 1. The topological polar surface area (TPSA) is 60.5 Å². The number of carbonyl (C=O) groups excluding carboxylic acids is 1. The predicted octanol–water partition coefficient (Wildman–Crippen LogP) is 3.65. The molecule has 25 heavy (non-hydrogen) atoms. The van der Waals surface area contributed by atoms with E-state index >= 15 is 0 Å². The molecule has 0 bridgehead atoms. The molecule has 1 N–H and O–H groups in total. The summed E-state index contributed by atoms with van der Waals surface area (Å²) >= 11 is 0. The number of amides is 1. The Hall–Kier alpha value is -2.99. The van der Waals surface area contributed by atoms with Gasteiger partial charge in [-0.2, -0.15) is 0 Å². The molecule has 1 aromatic heterocycles. The maximum absolute atomic E-state index is 13.6. The summed E-state index contributed by atoms with van der Waals surface area (Å²) < 4.78 is 24.1. The molecule has 0 atom stereocenters. The highest BCUT2D eigenvalue weighted by Crippen LogP contribution is 2.26. The summed E-state index contributed by atoms with van der Waals surface area (Å²) in [5.41, 5.74) is 0.515. The van der Waals surface area contributed by atoms with E-state index in [0.29, 0.717) is 12.4 Å². The summed E-state index contributed by atoms with van der Waals surface area (Å²) in [6.45, 7) is 0.674. The summed E-state index contributed by atoms with van der Waals surface area (Å²) in [5, 5.41) is 4.30. The van der Waals surface area contributed by atoms with E-state index in [1.807, 2.05) is 30.3 Å².